The standard InChI is InChI=1S/C27H31N3O7Si/c1-34-24-13-18(7-9-23(24)30(32)33)17-6-8-19-20(12-17)28-21-14-25(35-2)26(15-22(21)29-27(19)31)37-16-36-10-11-38(3,4)5/h6-9,12-15,28H,10-11,16H2,1-5H3,(H,29,31). The van der Waals surface area contributed by atoms with Crippen LogP contribution in [0.15, 0.2) is 48.5 Å². The molecule has 1 amide bonds. The molecule has 3 aromatic carbocycles. The molecule has 0 fully saturated rings. The topological polar surface area (TPSA) is 121 Å². The third-order valence-electron chi connectivity index (χ3n) is 6.09. The van der Waals surface area contributed by atoms with E-state index < -0.39 is 13.0 Å². The molecule has 0 aliphatic carbocycles. The normalized spacial score (nSPS) is 12.4. The fraction of sp³-hybridized carbons (Fsp3) is 0.296. The molecule has 0 bridgehead atoms. The zero-order valence-corrected chi connectivity index (χ0v) is 23.0. The predicted molar refractivity (Wildman–Crippen MR) is 149 cm³/mol. The Kier molecular flexibility index (Phi) is 7.88. The smallest absolute Gasteiger partial charge is 0.310 e. The number of rotatable bonds is 10. The highest BCUT2D eigenvalue weighted by molar-refractivity contribution is 6.76. The fourth-order valence-electron chi connectivity index (χ4n) is 3.95. The minimum absolute atomic E-state index is 0.0727. The zero-order chi connectivity index (χ0) is 27.4. The third kappa shape index (κ3) is 6.06. The maximum absolute atomic E-state index is 13.1. The Morgan fingerprint density at radius 2 is 1.50 bits per heavy atom. The van der Waals surface area contributed by atoms with Gasteiger partial charge in [-0.1, -0.05) is 25.7 Å². The second kappa shape index (κ2) is 11.1. The second-order valence-corrected chi connectivity index (χ2v) is 15.6. The molecule has 2 N–H and O–H groups in total. The summed E-state index contributed by atoms with van der Waals surface area (Å²) >= 11 is 0. The van der Waals surface area contributed by atoms with Crippen molar-refractivity contribution in [1.82, 2.24) is 0 Å². The Labute approximate surface area is 222 Å². The van der Waals surface area contributed by atoms with Crippen LogP contribution in [0.1, 0.15) is 10.4 Å². The number of hydrogen-bond acceptors (Lipinski definition) is 8. The van der Waals surface area contributed by atoms with Gasteiger partial charge in [0.05, 0.1) is 41.8 Å². The minimum atomic E-state index is -1.20. The van der Waals surface area contributed by atoms with Crippen molar-refractivity contribution in [3.63, 3.8) is 0 Å². The van der Waals surface area contributed by atoms with Gasteiger partial charge in [0.25, 0.3) is 5.91 Å². The highest BCUT2D eigenvalue weighted by Gasteiger charge is 2.23. The van der Waals surface area contributed by atoms with Gasteiger partial charge in [0.1, 0.15) is 0 Å². The van der Waals surface area contributed by atoms with Gasteiger partial charge < -0.3 is 29.6 Å². The average Bonchev–Trinajstić information content (AvgIpc) is 3.01. The zero-order valence-electron chi connectivity index (χ0n) is 22.0. The number of anilines is 3. The van der Waals surface area contributed by atoms with Crippen LogP contribution in [0.4, 0.5) is 22.7 Å². The summed E-state index contributed by atoms with van der Waals surface area (Å²) < 4.78 is 22.2. The third-order valence-corrected chi connectivity index (χ3v) is 7.79. The molecule has 11 heteroatoms. The molecular formula is C27H31N3O7Si. The van der Waals surface area contributed by atoms with Crippen molar-refractivity contribution in [3.8, 4) is 28.4 Å². The Morgan fingerprint density at radius 1 is 0.842 bits per heavy atom. The van der Waals surface area contributed by atoms with Crippen molar-refractivity contribution in [2.75, 3.05) is 38.3 Å². The number of carbonyl (C=O) groups is 1. The van der Waals surface area contributed by atoms with Crippen LogP contribution in [-0.4, -0.2) is 46.5 Å². The van der Waals surface area contributed by atoms with Crippen molar-refractivity contribution < 1.29 is 28.7 Å². The SMILES string of the molecule is COc1cc2c(cc1OCOCC[Si](C)(C)C)NC(=O)c1ccc(-c3ccc([N+](=O)[O-])c(OC)c3)cc1N2. The molecule has 0 saturated carbocycles. The minimum Gasteiger partial charge on any atom is -0.493 e. The van der Waals surface area contributed by atoms with Crippen LogP contribution in [-0.2, 0) is 4.74 Å². The van der Waals surface area contributed by atoms with E-state index in [4.69, 9.17) is 18.9 Å². The molecule has 0 atom stereocenters. The van der Waals surface area contributed by atoms with E-state index in [9.17, 15) is 14.9 Å². The number of methoxy groups -OCH3 is 2. The Hall–Kier alpha value is -4.09. The van der Waals surface area contributed by atoms with E-state index >= 15 is 0 Å². The molecule has 3 aromatic rings. The number of nitro groups is 1. The molecule has 0 spiro atoms. The summed E-state index contributed by atoms with van der Waals surface area (Å²) in [6.45, 7) is 7.55. The number of hydrogen-bond donors (Lipinski definition) is 2. The monoisotopic (exact) mass is 537 g/mol. The maximum Gasteiger partial charge on any atom is 0.310 e. The lowest BCUT2D eigenvalue weighted by atomic mass is 10.0. The van der Waals surface area contributed by atoms with Crippen LogP contribution in [0.3, 0.4) is 0 Å². The van der Waals surface area contributed by atoms with Gasteiger partial charge in [-0.25, -0.2) is 0 Å². The van der Waals surface area contributed by atoms with Gasteiger partial charge in [0.2, 0.25) is 0 Å². The summed E-state index contributed by atoms with van der Waals surface area (Å²) in [5, 5.41) is 17.5. The van der Waals surface area contributed by atoms with Crippen molar-refractivity contribution >= 4 is 36.7 Å². The molecule has 0 radical (unpaired) electrons. The lowest BCUT2D eigenvalue weighted by Gasteiger charge is -2.17. The lowest BCUT2D eigenvalue weighted by molar-refractivity contribution is -0.385. The summed E-state index contributed by atoms with van der Waals surface area (Å²) in [5.41, 5.74) is 3.50. The molecule has 0 aromatic heterocycles. The molecule has 1 aliphatic rings. The molecule has 4 rings (SSSR count). The van der Waals surface area contributed by atoms with Crippen molar-refractivity contribution in [3.05, 3.63) is 64.2 Å². The summed E-state index contributed by atoms with van der Waals surface area (Å²) in [4.78, 5) is 23.8. The summed E-state index contributed by atoms with van der Waals surface area (Å²) in [7, 11) is 1.73. The van der Waals surface area contributed by atoms with Crippen LogP contribution in [0, 0.1) is 10.1 Å². The predicted octanol–water partition coefficient (Wildman–Crippen LogP) is 6.28. The van der Waals surface area contributed by atoms with E-state index in [1.807, 2.05) is 6.07 Å². The quantitative estimate of drug-likeness (QED) is 0.102. The van der Waals surface area contributed by atoms with Gasteiger partial charge in [-0.3, -0.25) is 14.9 Å². The first kappa shape index (κ1) is 27.0. The first-order valence-corrected chi connectivity index (χ1v) is 15.8. The lowest BCUT2D eigenvalue weighted by Crippen LogP contribution is -2.22. The van der Waals surface area contributed by atoms with Gasteiger partial charge in [-0.15, -0.1) is 0 Å². The van der Waals surface area contributed by atoms with Crippen LogP contribution in [0.5, 0.6) is 17.2 Å². The van der Waals surface area contributed by atoms with Gasteiger partial charge >= 0.3 is 5.69 Å². The Bertz CT molecular complexity index is 1370. The van der Waals surface area contributed by atoms with E-state index in [0.717, 1.165) is 11.6 Å². The van der Waals surface area contributed by atoms with E-state index in [0.29, 0.717) is 46.3 Å². The van der Waals surface area contributed by atoms with Crippen molar-refractivity contribution in [2.24, 2.45) is 0 Å². The number of nitrogens with one attached hydrogen (secondary N) is 2. The van der Waals surface area contributed by atoms with E-state index in [1.165, 1.54) is 13.2 Å². The maximum atomic E-state index is 13.1. The van der Waals surface area contributed by atoms with Crippen LogP contribution in [0.25, 0.3) is 11.1 Å². The van der Waals surface area contributed by atoms with E-state index in [-0.39, 0.29) is 24.1 Å². The van der Waals surface area contributed by atoms with E-state index in [1.54, 1.807) is 43.5 Å². The van der Waals surface area contributed by atoms with Gasteiger partial charge in [0, 0.05) is 32.9 Å². The summed E-state index contributed by atoms with van der Waals surface area (Å²) in [6.07, 6.45) is 0. The summed E-state index contributed by atoms with van der Waals surface area (Å²) in [5.74, 6) is 0.798. The first-order chi connectivity index (χ1) is 18.1. The number of nitro benzene ring substituents is 1. The van der Waals surface area contributed by atoms with E-state index in [2.05, 4.69) is 30.3 Å². The van der Waals surface area contributed by atoms with Crippen molar-refractivity contribution in [1.29, 1.82) is 0 Å². The first-order valence-electron chi connectivity index (χ1n) is 12.1. The number of nitrogens with zero attached hydrogens (tertiary/aromatic N) is 1. The Morgan fingerprint density at radius 3 is 2.18 bits per heavy atom. The number of ether oxygens (including phenoxy) is 4. The largest absolute Gasteiger partial charge is 0.493 e. The molecule has 1 aliphatic heterocycles. The van der Waals surface area contributed by atoms with Crippen LogP contribution in [0.2, 0.25) is 25.7 Å². The van der Waals surface area contributed by atoms with Crippen molar-refractivity contribution in [2.45, 2.75) is 25.7 Å². The molecule has 10 nitrogen and oxygen atoms in total. The second-order valence-electron chi connectivity index (χ2n) is 10.0. The average molecular weight is 538 g/mol. The molecule has 1 heterocycles. The van der Waals surface area contributed by atoms with Gasteiger partial charge in [-0.05, 0) is 41.4 Å². The molecule has 200 valence electrons. The highest BCUT2D eigenvalue weighted by atomic mass is 28.3. The molecule has 0 saturated heterocycles. The highest BCUT2D eigenvalue weighted by Crippen LogP contribution is 2.42. The number of benzene rings is 3. The molecular weight excluding hydrogens is 506 g/mol. The number of fused-ring (bicyclic) bond motifs is 2. The number of amides is 1. The molecule has 38 heavy (non-hydrogen) atoms. The molecule has 0 unspecified atom stereocenters. The number of carbonyl (C=O) groups excluding carboxylic acids is 1. The van der Waals surface area contributed by atoms with Gasteiger partial charge in [-0.2, -0.15) is 0 Å². The van der Waals surface area contributed by atoms with Gasteiger partial charge in [0.15, 0.2) is 24.0 Å². The van der Waals surface area contributed by atoms with Crippen LogP contribution < -0.4 is 24.8 Å². The fourth-order valence-corrected chi connectivity index (χ4v) is 4.71. The van der Waals surface area contributed by atoms with Crippen LogP contribution >= 0.6 is 0 Å². The Balaban J connectivity index is 1.59. The summed E-state index contributed by atoms with van der Waals surface area (Å²) in [6, 6.07) is 14.4.